The summed E-state index contributed by atoms with van der Waals surface area (Å²) in [7, 11) is 2.00. The monoisotopic (exact) mass is 401 g/mol. The third-order valence-corrected chi connectivity index (χ3v) is 4.83. The smallest absolute Gasteiger partial charge is 0.353 e. The second-order valence-corrected chi connectivity index (χ2v) is 7.85. The number of likely N-dealkylation sites (tertiary alicyclic amines) is 1. The summed E-state index contributed by atoms with van der Waals surface area (Å²) in [6.45, 7) is 2.42. The van der Waals surface area contributed by atoms with Crippen molar-refractivity contribution < 1.29 is 28.3 Å². The number of carbonyl (C=O) groups is 2. The number of carboxylic acid groups (broad SMARTS) is 1. The number of likely N-dealkylation sites (N-methyl/N-ethyl adjacent to an activating group) is 1. The van der Waals surface area contributed by atoms with Crippen LogP contribution in [0.2, 0.25) is 0 Å². The van der Waals surface area contributed by atoms with Crippen LogP contribution in [0.4, 0.5) is 8.78 Å². The normalized spacial score (nSPS) is 26.4. The molecule has 156 valence electrons. The van der Waals surface area contributed by atoms with E-state index in [1.807, 2.05) is 13.1 Å². The predicted molar refractivity (Wildman–Crippen MR) is 94.6 cm³/mol. The molecule has 3 rings (SSSR count). The Morgan fingerprint density at radius 1 is 1.50 bits per heavy atom. The molecule has 0 radical (unpaired) electrons. The molecule has 4 N–H and O–H groups in total. The standard InChI is InChI=1S/C9H13F2N3O.C8H12N2O3/c1-8(10,11)4-6(13)7(15)14-9(5-12)2-3-9;1-10-3-2-8(5-10)4-6(7(11)12)9-13-8/h6H,2-4,13H2,1H3,(H,14,15);2-5H2,1H3,(H,11,12)/t6-;/m0./s1. The van der Waals surface area contributed by atoms with Gasteiger partial charge in [0.1, 0.15) is 5.54 Å². The molecule has 0 aromatic rings. The van der Waals surface area contributed by atoms with Crippen LogP contribution in [0, 0.1) is 11.3 Å². The first-order valence-corrected chi connectivity index (χ1v) is 8.93. The van der Waals surface area contributed by atoms with Crippen molar-refractivity contribution in [3.8, 4) is 6.07 Å². The van der Waals surface area contributed by atoms with E-state index in [1.165, 1.54) is 0 Å². The van der Waals surface area contributed by atoms with Crippen LogP contribution >= 0.6 is 0 Å². The quantitative estimate of drug-likeness (QED) is 0.607. The number of oxime groups is 1. The average Bonchev–Trinajstić information content (AvgIpc) is 3.07. The van der Waals surface area contributed by atoms with Crippen molar-refractivity contribution in [3.05, 3.63) is 0 Å². The lowest BCUT2D eigenvalue weighted by Gasteiger charge is -2.19. The van der Waals surface area contributed by atoms with E-state index in [1.54, 1.807) is 0 Å². The van der Waals surface area contributed by atoms with Crippen LogP contribution in [0.25, 0.3) is 0 Å². The van der Waals surface area contributed by atoms with E-state index in [0.29, 0.717) is 26.2 Å². The molecule has 2 atom stereocenters. The zero-order chi connectivity index (χ0) is 21.2. The van der Waals surface area contributed by atoms with E-state index >= 15 is 0 Å². The summed E-state index contributed by atoms with van der Waals surface area (Å²) in [6.07, 6.45) is 1.71. The molecule has 1 spiro atoms. The van der Waals surface area contributed by atoms with Crippen molar-refractivity contribution in [1.29, 1.82) is 5.26 Å². The summed E-state index contributed by atoms with van der Waals surface area (Å²) in [5.41, 5.74) is 4.25. The SMILES string of the molecule is CC(F)(F)C[C@H](N)C(=O)NC1(C#N)CC1.CN1CCC2(CC(C(=O)O)=NO2)C1. The molecule has 2 aliphatic heterocycles. The molecular weight excluding hydrogens is 376 g/mol. The van der Waals surface area contributed by atoms with Gasteiger partial charge in [0.15, 0.2) is 11.3 Å². The van der Waals surface area contributed by atoms with Gasteiger partial charge < -0.3 is 25.9 Å². The van der Waals surface area contributed by atoms with E-state index in [4.69, 9.17) is 20.9 Å². The topological polar surface area (TPSA) is 141 Å². The second-order valence-electron chi connectivity index (χ2n) is 7.85. The Balaban J connectivity index is 0.000000202. The fourth-order valence-corrected chi connectivity index (χ4v) is 3.10. The van der Waals surface area contributed by atoms with Gasteiger partial charge in [0.2, 0.25) is 11.8 Å². The Labute approximate surface area is 161 Å². The van der Waals surface area contributed by atoms with Crippen molar-refractivity contribution in [3.63, 3.8) is 0 Å². The van der Waals surface area contributed by atoms with E-state index in [-0.39, 0.29) is 11.3 Å². The van der Waals surface area contributed by atoms with E-state index < -0.39 is 35.8 Å². The minimum absolute atomic E-state index is 0.148. The lowest BCUT2D eigenvalue weighted by molar-refractivity contribution is -0.129. The lowest BCUT2D eigenvalue weighted by Crippen LogP contribution is -2.48. The largest absolute Gasteiger partial charge is 0.477 e. The fraction of sp³-hybridized carbons (Fsp3) is 0.765. The van der Waals surface area contributed by atoms with Crippen molar-refractivity contribution in [2.45, 2.75) is 62.1 Å². The molecule has 2 fully saturated rings. The highest BCUT2D eigenvalue weighted by Crippen LogP contribution is 2.34. The van der Waals surface area contributed by atoms with Crippen molar-refractivity contribution in [2.75, 3.05) is 20.1 Å². The van der Waals surface area contributed by atoms with Gasteiger partial charge in [-0.3, -0.25) is 4.79 Å². The molecular formula is C17H25F2N5O4. The fourth-order valence-electron chi connectivity index (χ4n) is 3.10. The molecule has 1 unspecified atom stereocenters. The van der Waals surface area contributed by atoms with Gasteiger partial charge in [-0.05, 0) is 26.8 Å². The van der Waals surface area contributed by atoms with Crippen molar-refractivity contribution >= 4 is 17.6 Å². The molecule has 0 bridgehead atoms. The van der Waals surface area contributed by atoms with Crippen LogP contribution in [-0.2, 0) is 14.4 Å². The molecule has 28 heavy (non-hydrogen) atoms. The third kappa shape index (κ3) is 5.84. The minimum atomic E-state index is -2.97. The van der Waals surface area contributed by atoms with Gasteiger partial charge in [0.05, 0.1) is 12.1 Å². The zero-order valence-corrected chi connectivity index (χ0v) is 15.9. The van der Waals surface area contributed by atoms with Crippen molar-refractivity contribution in [1.82, 2.24) is 10.2 Å². The second kappa shape index (κ2) is 7.97. The molecule has 1 saturated heterocycles. The highest BCUT2D eigenvalue weighted by Gasteiger charge is 2.46. The first-order chi connectivity index (χ1) is 12.9. The third-order valence-electron chi connectivity index (χ3n) is 4.83. The molecule has 3 aliphatic rings. The number of amides is 1. The summed E-state index contributed by atoms with van der Waals surface area (Å²) in [4.78, 5) is 29.2. The number of nitrogens with two attached hydrogens (primary N) is 1. The molecule has 0 aromatic carbocycles. The van der Waals surface area contributed by atoms with Gasteiger partial charge in [-0.1, -0.05) is 5.16 Å². The van der Waals surface area contributed by atoms with Gasteiger partial charge in [0, 0.05) is 32.4 Å². The summed E-state index contributed by atoms with van der Waals surface area (Å²) < 4.78 is 25.1. The zero-order valence-electron chi connectivity index (χ0n) is 15.9. The minimum Gasteiger partial charge on any atom is -0.477 e. The number of hydrogen-bond acceptors (Lipinski definition) is 7. The molecule has 11 heteroatoms. The van der Waals surface area contributed by atoms with Crippen LogP contribution in [-0.4, -0.2) is 70.8 Å². The Morgan fingerprint density at radius 2 is 2.14 bits per heavy atom. The molecule has 1 amide bonds. The molecule has 1 aliphatic carbocycles. The van der Waals surface area contributed by atoms with Crippen LogP contribution < -0.4 is 11.1 Å². The van der Waals surface area contributed by atoms with E-state index in [2.05, 4.69) is 15.4 Å². The molecule has 1 saturated carbocycles. The van der Waals surface area contributed by atoms with Crippen LogP contribution in [0.5, 0.6) is 0 Å². The number of hydrogen-bond donors (Lipinski definition) is 3. The van der Waals surface area contributed by atoms with Gasteiger partial charge >= 0.3 is 5.97 Å². The van der Waals surface area contributed by atoms with Gasteiger partial charge in [-0.2, -0.15) is 5.26 Å². The summed E-state index contributed by atoms with van der Waals surface area (Å²) >= 11 is 0. The molecule has 0 aromatic heterocycles. The summed E-state index contributed by atoms with van der Waals surface area (Å²) in [5.74, 6) is -4.62. The van der Waals surface area contributed by atoms with E-state index in [0.717, 1.165) is 19.5 Å². The highest BCUT2D eigenvalue weighted by molar-refractivity contribution is 6.36. The number of aliphatic carboxylic acids is 1. The number of carbonyl (C=O) groups excluding carboxylic acids is 1. The first-order valence-electron chi connectivity index (χ1n) is 8.93. The van der Waals surface area contributed by atoms with Crippen LogP contribution in [0.3, 0.4) is 0 Å². The highest BCUT2D eigenvalue weighted by atomic mass is 19.3. The molecule has 9 nitrogen and oxygen atoms in total. The predicted octanol–water partition coefficient (Wildman–Crippen LogP) is 0.453. The lowest BCUT2D eigenvalue weighted by atomic mass is 9.97. The number of halogens is 2. The summed E-state index contributed by atoms with van der Waals surface area (Å²) in [6, 6.07) is 0.658. The van der Waals surface area contributed by atoms with Crippen LogP contribution in [0.15, 0.2) is 5.16 Å². The Kier molecular flexibility index (Phi) is 6.25. The maximum atomic E-state index is 12.5. The van der Waals surface area contributed by atoms with E-state index in [9.17, 15) is 18.4 Å². The number of carboxylic acids is 1. The number of nitrogens with zero attached hydrogens (tertiary/aromatic N) is 3. The number of nitriles is 1. The number of nitrogens with one attached hydrogen (secondary N) is 1. The van der Waals surface area contributed by atoms with Gasteiger partial charge in [0.25, 0.3) is 0 Å². The number of alkyl halides is 2. The first kappa shape index (κ1) is 22.0. The Bertz CT molecular complexity index is 699. The van der Waals surface area contributed by atoms with Crippen molar-refractivity contribution in [2.24, 2.45) is 10.9 Å². The number of rotatable bonds is 5. The summed E-state index contributed by atoms with van der Waals surface area (Å²) in [5, 5.41) is 23.3. The van der Waals surface area contributed by atoms with Gasteiger partial charge in [-0.15, -0.1) is 0 Å². The maximum absolute atomic E-state index is 12.5. The van der Waals surface area contributed by atoms with Gasteiger partial charge in [-0.25, -0.2) is 13.6 Å². The van der Waals surface area contributed by atoms with Crippen LogP contribution in [0.1, 0.15) is 39.0 Å². The average molecular weight is 401 g/mol. The maximum Gasteiger partial charge on any atom is 0.353 e. The Morgan fingerprint density at radius 3 is 2.54 bits per heavy atom. The Hall–Kier alpha value is -2.32. The molecule has 2 heterocycles.